The third kappa shape index (κ3) is 1.32. The van der Waals surface area contributed by atoms with Gasteiger partial charge in [-0.05, 0) is 43.9 Å². The molecule has 0 amide bonds. The Balaban J connectivity index is 2.31. The maximum absolute atomic E-state index is 6.14. The van der Waals surface area contributed by atoms with E-state index < -0.39 is 0 Å². The maximum atomic E-state index is 6.14. The molecule has 0 spiro atoms. The summed E-state index contributed by atoms with van der Waals surface area (Å²) in [5.41, 5.74) is 1.42. The van der Waals surface area contributed by atoms with Crippen LogP contribution in [0.3, 0.4) is 0 Å². The van der Waals surface area contributed by atoms with Gasteiger partial charge in [0.25, 0.3) is 0 Å². The second-order valence-electron chi connectivity index (χ2n) is 3.60. The van der Waals surface area contributed by atoms with Gasteiger partial charge in [-0.2, -0.15) is 0 Å². The first-order valence-electron chi connectivity index (χ1n) is 4.58. The van der Waals surface area contributed by atoms with E-state index in [0.29, 0.717) is 12.0 Å². The lowest BCUT2D eigenvalue weighted by Crippen LogP contribution is -2.39. The molecule has 1 N–H and O–H groups in total. The number of hydrogen-bond donors (Lipinski definition) is 1. The molecular weight excluding hydrogens is 170 g/mol. The predicted molar refractivity (Wildman–Crippen MR) is 52.2 cm³/mol. The Morgan fingerprint density at radius 3 is 3.17 bits per heavy atom. The highest BCUT2D eigenvalue weighted by atomic mass is 35.5. The SMILES string of the molecule is C[C@H]1NCCC2CC=CC(Cl)=C21. The summed E-state index contributed by atoms with van der Waals surface area (Å²) in [5, 5.41) is 4.40. The fraction of sp³-hybridized carbons (Fsp3) is 0.600. The molecule has 12 heavy (non-hydrogen) atoms. The van der Waals surface area contributed by atoms with Gasteiger partial charge in [0.15, 0.2) is 0 Å². The van der Waals surface area contributed by atoms with E-state index in [1.165, 1.54) is 18.4 Å². The third-order valence-electron chi connectivity index (χ3n) is 2.81. The fourth-order valence-electron chi connectivity index (χ4n) is 2.17. The molecule has 0 bridgehead atoms. The molecule has 0 aromatic rings. The van der Waals surface area contributed by atoms with E-state index in [0.717, 1.165) is 11.6 Å². The van der Waals surface area contributed by atoms with Crippen molar-refractivity contribution in [1.29, 1.82) is 0 Å². The molecule has 2 rings (SSSR count). The van der Waals surface area contributed by atoms with Crippen molar-refractivity contribution in [2.75, 3.05) is 6.54 Å². The summed E-state index contributed by atoms with van der Waals surface area (Å²) in [5.74, 6) is 0.707. The summed E-state index contributed by atoms with van der Waals surface area (Å²) in [6.45, 7) is 3.33. The van der Waals surface area contributed by atoms with E-state index in [1.54, 1.807) is 0 Å². The highest BCUT2D eigenvalue weighted by molar-refractivity contribution is 6.31. The molecule has 1 nitrogen and oxygen atoms in total. The van der Waals surface area contributed by atoms with Gasteiger partial charge in [-0.15, -0.1) is 0 Å². The number of allylic oxidation sites excluding steroid dienone is 3. The van der Waals surface area contributed by atoms with Gasteiger partial charge in [-0.1, -0.05) is 17.7 Å². The van der Waals surface area contributed by atoms with Crippen LogP contribution in [-0.4, -0.2) is 12.6 Å². The number of rotatable bonds is 0. The lowest BCUT2D eigenvalue weighted by atomic mass is 9.82. The molecule has 1 fully saturated rings. The van der Waals surface area contributed by atoms with E-state index in [2.05, 4.69) is 18.3 Å². The Hall–Kier alpha value is -0.270. The highest BCUT2D eigenvalue weighted by Crippen LogP contribution is 2.34. The summed E-state index contributed by atoms with van der Waals surface area (Å²) in [6.07, 6.45) is 6.64. The highest BCUT2D eigenvalue weighted by Gasteiger charge is 2.26. The molecule has 0 saturated carbocycles. The largest absolute Gasteiger partial charge is 0.310 e. The van der Waals surface area contributed by atoms with Gasteiger partial charge in [-0.25, -0.2) is 0 Å². The topological polar surface area (TPSA) is 12.0 Å². The van der Waals surface area contributed by atoms with Crippen molar-refractivity contribution in [3.8, 4) is 0 Å². The molecule has 0 aromatic carbocycles. The quantitative estimate of drug-likeness (QED) is 0.609. The van der Waals surface area contributed by atoms with Gasteiger partial charge >= 0.3 is 0 Å². The fourth-order valence-corrected chi connectivity index (χ4v) is 2.58. The van der Waals surface area contributed by atoms with Crippen LogP contribution in [0.25, 0.3) is 0 Å². The molecule has 1 unspecified atom stereocenters. The Morgan fingerprint density at radius 2 is 2.42 bits per heavy atom. The Labute approximate surface area is 78.5 Å². The number of nitrogens with one attached hydrogen (secondary N) is 1. The average Bonchev–Trinajstić information content (AvgIpc) is 2.04. The van der Waals surface area contributed by atoms with Crippen molar-refractivity contribution in [2.45, 2.75) is 25.8 Å². The summed E-state index contributed by atoms with van der Waals surface area (Å²) >= 11 is 6.14. The summed E-state index contributed by atoms with van der Waals surface area (Å²) in [7, 11) is 0. The first-order chi connectivity index (χ1) is 5.79. The summed E-state index contributed by atoms with van der Waals surface area (Å²) < 4.78 is 0. The van der Waals surface area contributed by atoms with Crippen molar-refractivity contribution in [2.24, 2.45) is 5.92 Å². The van der Waals surface area contributed by atoms with Crippen LogP contribution in [0.2, 0.25) is 0 Å². The zero-order valence-corrected chi connectivity index (χ0v) is 8.06. The predicted octanol–water partition coefficient (Wildman–Crippen LogP) is 2.44. The van der Waals surface area contributed by atoms with E-state index in [-0.39, 0.29) is 0 Å². The minimum atomic E-state index is 0.473. The Morgan fingerprint density at radius 1 is 1.58 bits per heavy atom. The van der Waals surface area contributed by atoms with Crippen LogP contribution in [0.15, 0.2) is 22.8 Å². The second-order valence-corrected chi connectivity index (χ2v) is 4.01. The summed E-state index contributed by atoms with van der Waals surface area (Å²) in [4.78, 5) is 0. The van der Waals surface area contributed by atoms with Crippen LogP contribution in [0, 0.1) is 5.92 Å². The van der Waals surface area contributed by atoms with Crippen LogP contribution >= 0.6 is 11.6 Å². The molecular formula is C10H14ClN. The monoisotopic (exact) mass is 183 g/mol. The van der Waals surface area contributed by atoms with Crippen LogP contribution < -0.4 is 5.32 Å². The molecule has 1 saturated heterocycles. The molecule has 0 radical (unpaired) electrons. The smallest absolute Gasteiger partial charge is 0.0413 e. The van der Waals surface area contributed by atoms with Gasteiger partial charge in [0.1, 0.15) is 0 Å². The molecule has 0 aromatic heterocycles. The molecule has 1 aliphatic carbocycles. The van der Waals surface area contributed by atoms with Gasteiger partial charge < -0.3 is 5.32 Å². The van der Waals surface area contributed by atoms with Crippen molar-refractivity contribution >= 4 is 11.6 Å². The van der Waals surface area contributed by atoms with Crippen molar-refractivity contribution < 1.29 is 0 Å². The lowest BCUT2D eigenvalue weighted by molar-refractivity contribution is 0.410. The number of hydrogen-bond acceptors (Lipinski definition) is 1. The average molecular weight is 184 g/mol. The standard InChI is InChI=1S/C10H14ClN/c1-7-10-8(5-6-12-7)3-2-4-9(10)11/h2,4,7-8,12H,3,5-6H2,1H3/t7-,8?/m1/s1. The zero-order chi connectivity index (χ0) is 8.55. The van der Waals surface area contributed by atoms with Crippen molar-refractivity contribution in [3.05, 3.63) is 22.8 Å². The number of fused-ring (bicyclic) bond motifs is 1. The van der Waals surface area contributed by atoms with Gasteiger partial charge in [0, 0.05) is 11.1 Å². The second kappa shape index (κ2) is 3.23. The van der Waals surface area contributed by atoms with E-state index in [9.17, 15) is 0 Å². The third-order valence-corrected chi connectivity index (χ3v) is 3.15. The van der Waals surface area contributed by atoms with Crippen molar-refractivity contribution in [3.63, 3.8) is 0 Å². The first-order valence-corrected chi connectivity index (χ1v) is 4.96. The zero-order valence-electron chi connectivity index (χ0n) is 7.31. The van der Waals surface area contributed by atoms with E-state index in [1.807, 2.05) is 6.08 Å². The number of halogens is 1. The molecule has 2 heteroatoms. The molecule has 1 heterocycles. The number of piperidine rings is 1. The van der Waals surface area contributed by atoms with Crippen LogP contribution in [0.5, 0.6) is 0 Å². The minimum absolute atomic E-state index is 0.473. The van der Waals surface area contributed by atoms with Crippen LogP contribution in [0.1, 0.15) is 19.8 Å². The van der Waals surface area contributed by atoms with E-state index in [4.69, 9.17) is 11.6 Å². The van der Waals surface area contributed by atoms with Crippen LogP contribution in [0.4, 0.5) is 0 Å². The van der Waals surface area contributed by atoms with Gasteiger partial charge in [-0.3, -0.25) is 0 Å². The van der Waals surface area contributed by atoms with Gasteiger partial charge in [0.2, 0.25) is 0 Å². The lowest BCUT2D eigenvalue weighted by Gasteiger charge is -2.33. The summed E-state index contributed by atoms with van der Waals surface area (Å²) in [6, 6.07) is 0.473. The molecule has 2 aliphatic rings. The van der Waals surface area contributed by atoms with Crippen molar-refractivity contribution in [1.82, 2.24) is 5.32 Å². The molecule has 1 aliphatic heterocycles. The van der Waals surface area contributed by atoms with E-state index >= 15 is 0 Å². The Bertz CT molecular complexity index is 242. The molecule has 66 valence electrons. The molecule has 2 atom stereocenters. The minimum Gasteiger partial charge on any atom is -0.310 e. The van der Waals surface area contributed by atoms with Crippen LogP contribution in [-0.2, 0) is 0 Å². The normalized spacial score (nSPS) is 35.2. The first kappa shape index (κ1) is 8.33. The Kier molecular flexibility index (Phi) is 2.24. The van der Waals surface area contributed by atoms with Gasteiger partial charge in [0.05, 0.1) is 0 Å². The maximum Gasteiger partial charge on any atom is 0.0413 e.